The van der Waals surface area contributed by atoms with Crippen molar-refractivity contribution < 1.29 is 19.4 Å². The molecule has 0 unspecified atom stereocenters. The molecule has 4 nitrogen and oxygen atoms in total. The molecule has 17 heavy (non-hydrogen) atoms. The minimum Gasteiger partial charge on any atom is -0.512 e. The van der Waals surface area contributed by atoms with E-state index in [4.69, 9.17) is 9.47 Å². The van der Waals surface area contributed by atoms with Gasteiger partial charge >= 0.3 is 5.97 Å². The maximum absolute atomic E-state index is 11.6. The highest BCUT2D eigenvalue weighted by atomic mass is 16.5. The molecule has 0 aliphatic carbocycles. The number of aliphatic hydroxyl groups excluding tert-OH is 1. The van der Waals surface area contributed by atoms with Gasteiger partial charge in [-0.15, -0.1) is 0 Å². The van der Waals surface area contributed by atoms with E-state index in [0.29, 0.717) is 17.9 Å². The highest BCUT2D eigenvalue weighted by molar-refractivity contribution is 5.90. The first-order valence-corrected chi connectivity index (χ1v) is 6.17. The molecule has 1 aliphatic rings. The molecule has 2 atom stereocenters. The Morgan fingerprint density at radius 3 is 2.71 bits per heavy atom. The third-order valence-corrected chi connectivity index (χ3v) is 3.07. The molecule has 1 rings (SSSR count). The number of rotatable bonds is 4. The molecule has 0 radical (unpaired) electrons. The summed E-state index contributed by atoms with van der Waals surface area (Å²) in [5.74, 6) is -0.0425. The van der Waals surface area contributed by atoms with E-state index in [1.165, 1.54) is 7.11 Å². The van der Waals surface area contributed by atoms with Gasteiger partial charge in [0, 0.05) is 6.42 Å². The molecule has 0 aromatic rings. The molecule has 0 aromatic carbocycles. The standard InChI is InChI=1S/C13H22O4/c1-5-6-10-12(13(15)16-4)9(14)7-11(17-10)8(2)3/h8,10-11,14H,5-7H2,1-4H3/t10-,11-/m0/s1. The molecule has 98 valence electrons. The zero-order chi connectivity index (χ0) is 13.0. The minimum absolute atomic E-state index is 0.0278. The highest BCUT2D eigenvalue weighted by Crippen LogP contribution is 2.30. The van der Waals surface area contributed by atoms with Gasteiger partial charge in [-0.3, -0.25) is 0 Å². The molecule has 1 N–H and O–H groups in total. The van der Waals surface area contributed by atoms with Crippen LogP contribution in [0.1, 0.15) is 40.0 Å². The van der Waals surface area contributed by atoms with Crippen molar-refractivity contribution in [2.24, 2.45) is 5.92 Å². The Bertz CT molecular complexity index is 307. The summed E-state index contributed by atoms with van der Waals surface area (Å²) in [5, 5.41) is 9.99. The van der Waals surface area contributed by atoms with Crippen LogP contribution in [0.3, 0.4) is 0 Å². The van der Waals surface area contributed by atoms with Crippen LogP contribution in [0.25, 0.3) is 0 Å². The average molecular weight is 242 g/mol. The number of esters is 1. The number of hydrogen-bond acceptors (Lipinski definition) is 4. The third kappa shape index (κ3) is 3.22. The van der Waals surface area contributed by atoms with Crippen molar-refractivity contribution in [3.63, 3.8) is 0 Å². The maximum atomic E-state index is 11.6. The van der Waals surface area contributed by atoms with Crippen LogP contribution in [0.2, 0.25) is 0 Å². The Balaban J connectivity index is 2.96. The zero-order valence-corrected chi connectivity index (χ0v) is 11.0. The van der Waals surface area contributed by atoms with Crippen LogP contribution in [-0.2, 0) is 14.3 Å². The van der Waals surface area contributed by atoms with Crippen LogP contribution in [0.15, 0.2) is 11.3 Å². The lowest BCUT2D eigenvalue weighted by Crippen LogP contribution is -2.36. The smallest absolute Gasteiger partial charge is 0.339 e. The van der Waals surface area contributed by atoms with E-state index in [9.17, 15) is 9.90 Å². The summed E-state index contributed by atoms with van der Waals surface area (Å²) in [6, 6.07) is 0. The summed E-state index contributed by atoms with van der Waals surface area (Å²) in [5.41, 5.74) is 0.297. The molecule has 0 saturated heterocycles. The second-order valence-electron chi connectivity index (χ2n) is 4.75. The van der Waals surface area contributed by atoms with Crippen molar-refractivity contribution in [1.29, 1.82) is 0 Å². The van der Waals surface area contributed by atoms with E-state index in [-0.39, 0.29) is 18.0 Å². The van der Waals surface area contributed by atoms with Crippen LogP contribution in [0, 0.1) is 5.92 Å². The van der Waals surface area contributed by atoms with Crippen molar-refractivity contribution in [3.8, 4) is 0 Å². The molecule has 0 fully saturated rings. The van der Waals surface area contributed by atoms with Gasteiger partial charge in [0.25, 0.3) is 0 Å². The van der Waals surface area contributed by atoms with Gasteiger partial charge in [-0.05, 0) is 12.3 Å². The fourth-order valence-electron chi connectivity index (χ4n) is 2.04. The van der Waals surface area contributed by atoms with Crippen LogP contribution >= 0.6 is 0 Å². The van der Waals surface area contributed by atoms with Crippen molar-refractivity contribution in [3.05, 3.63) is 11.3 Å². The molecular formula is C13H22O4. The maximum Gasteiger partial charge on any atom is 0.339 e. The molecule has 0 spiro atoms. The van der Waals surface area contributed by atoms with Crippen LogP contribution in [-0.4, -0.2) is 30.4 Å². The average Bonchev–Trinajstić information content (AvgIpc) is 2.28. The largest absolute Gasteiger partial charge is 0.512 e. The monoisotopic (exact) mass is 242 g/mol. The van der Waals surface area contributed by atoms with Gasteiger partial charge in [0.2, 0.25) is 0 Å². The minimum atomic E-state index is -0.483. The summed E-state index contributed by atoms with van der Waals surface area (Å²) in [6.45, 7) is 6.11. The molecular weight excluding hydrogens is 220 g/mol. The first-order chi connectivity index (χ1) is 8.01. The number of carbonyl (C=O) groups excluding carboxylic acids is 1. The lowest BCUT2D eigenvalue weighted by Gasteiger charge is -2.33. The predicted molar refractivity (Wildman–Crippen MR) is 64.7 cm³/mol. The molecule has 0 saturated carbocycles. The second kappa shape index (κ2) is 6.05. The number of aliphatic hydroxyl groups is 1. The van der Waals surface area contributed by atoms with Crippen molar-refractivity contribution in [2.45, 2.75) is 52.2 Å². The normalized spacial score (nSPS) is 25.2. The fraction of sp³-hybridized carbons (Fsp3) is 0.769. The summed E-state index contributed by atoms with van der Waals surface area (Å²) in [6.07, 6.45) is 1.64. The Morgan fingerprint density at radius 1 is 1.59 bits per heavy atom. The van der Waals surface area contributed by atoms with Gasteiger partial charge in [0.15, 0.2) is 0 Å². The summed E-state index contributed by atoms with van der Waals surface area (Å²) in [4.78, 5) is 11.6. The topological polar surface area (TPSA) is 55.8 Å². The lowest BCUT2D eigenvalue weighted by atomic mass is 9.93. The molecule has 1 aliphatic heterocycles. The summed E-state index contributed by atoms with van der Waals surface area (Å²) < 4.78 is 10.6. The number of hydrogen-bond donors (Lipinski definition) is 1. The van der Waals surface area contributed by atoms with Gasteiger partial charge in [0.05, 0.1) is 19.3 Å². The molecule has 0 amide bonds. The number of ether oxygens (including phenoxy) is 2. The van der Waals surface area contributed by atoms with Crippen LogP contribution < -0.4 is 0 Å². The van der Waals surface area contributed by atoms with E-state index < -0.39 is 5.97 Å². The quantitative estimate of drug-likeness (QED) is 0.770. The van der Waals surface area contributed by atoms with E-state index in [1.54, 1.807) is 0 Å². The Labute approximate surface area is 103 Å². The third-order valence-electron chi connectivity index (χ3n) is 3.07. The van der Waals surface area contributed by atoms with Gasteiger partial charge < -0.3 is 14.6 Å². The Hall–Kier alpha value is -1.03. The SMILES string of the molecule is CCC[C@@H]1O[C@H](C(C)C)CC(O)=C1C(=O)OC. The van der Waals surface area contributed by atoms with Gasteiger partial charge in [0.1, 0.15) is 11.3 Å². The summed E-state index contributed by atoms with van der Waals surface area (Å²) in [7, 11) is 1.32. The van der Waals surface area contributed by atoms with Crippen molar-refractivity contribution >= 4 is 5.97 Å². The van der Waals surface area contributed by atoms with E-state index >= 15 is 0 Å². The van der Waals surface area contributed by atoms with Gasteiger partial charge in [-0.25, -0.2) is 4.79 Å². The Kier molecular flexibility index (Phi) is 5.00. The van der Waals surface area contributed by atoms with Crippen molar-refractivity contribution in [2.75, 3.05) is 7.11 Å². The second-order valence-corrected chi connectivity index (χ2v) is 4.75. The molecule has 1 heterocycles. The first kappa shape index (κ1) is 14.0. The molecule has 0 bridgehead atoms. The van der Waals surface area contributed by atoms with Crippen LogP contribution in [0.5, 0.6) is 0 Å². The van der Waals surface area contributed by atoms with Gasteiger partial charge in [-0.1, -0.05) is 27.2 Å². The Morgan fingerprint density at radius 2 is 2.24 bits per heavy atom. The predicted octanol–water partition coefficient (Wildman–Crippen LogP) is 2.59. The number of carbonyl (C=O) groups is 1. The summed E-state index contributed by atoms with van der Waals surface area (Å²) >= 11 is 0. The van der Waals surface area contributed by atoms with Crippen LogP contribution in [0.4, 0.5) is 0 Å². The number of methoxy groups -OCH3 is 1. The lowest BCUT2D eigenvalue weighted by molar-refractivity contribution is -0.140. The van der Waals surface area contributed by atoms with E-state index in [2.05, 4.69) is 0 Å². The van der Waals surface area contributed by atoms with Crippen molar-refractivity contribution in [1.82, 2.24) is 0 Å². The van der Waals surface area contributed by atoms with E-state index in [1.807, 2.05) is 20.8 Å². The van der Waals surface area contributed by atoms with E-state index in [0.717, 1.165) is 12.8 Å². The molecule has 0 aromatic heterocycles. The molecule has 4 heteroatoms. The first-order valence-electron chi connectivity index (χ1n) is 6.17. The highest BCUT2D eigenvalue weighted by Gasteiger charge is 2.35. The zero-order valence-electron chi connectivity index (χ0n) is 11.0. The fourth-order valence-corrected chi connectivity index (χ4v) is 2.04. The van der Waals surface area contributed by atoms with Gasteiger partial charge in [-0.2, -0.15) is 0 Å².